The zero-order valence-corrected chi connectivity index (χ0v) is 14.2. The van der Waals surface area contributed by atoms with Gasteiger partial charge in [0.1, 0.15) is 5.76 Å². The molecule has 11 heteroatoms. The van der Waals surface area contributed by atoms with Gasteiger partial charge in [0, 0.05) is 11.6 Å². The highest BCUT2D eigenvalue weighted by molar-refractivity contribution is 7.92. The van der Waals surface area contributed by atoms with E-state index in [-0.39, 0.29) is 10.7 Å². The molecular weight excluding hydrogens is 360 g/mol. The predicted octanol–water partition coefficient (Wildman–Crippen LogP) is 1.18. The van der Waals surface area contributed by atoms with Crippen LogP contribution in [-0.4, -0.2) is 33.2 Å². The number of anilines is 1. The SMILES string of the molecule is Cc1cc(NS(=O)(=O)c2ccc(-c3cnn4c(=O)[nH]cnc34)cc2)no1. The van der Waals surface area contributed by atoms with Gasteiger partial charge in [-0.3, -0.25) is 9.71 Å². The molecule has 0 aliphatic carbocycles. The Balaban J connectivity index is 1.68. The first-order valence-corrected chi connectivity index (χ1v) is 8.90. The molecule has 4 rings (SSSR count). The largest absolute Gasteiger partial charge is 0.360 e. The molecule has 0 saturated carbocycles. The standard InChI is InChI=1S/C15H12N6O4S/c1-9-6-13(19-25-9)20-26(23,24)11-4-2-10(3-5-11)12-7-18-21-14(12)16-8-17-15(21)22/h2-8H,1H3,(H,19,20)(H,16,17,22). The zero-order valence-electron chi connectivity index (χ0n) is 13.4. The lowest BCUT2D eigenvalue weighted by Crippen LogP contribution is -2.17. The molecular formula is C15H12N6O4S. The summed E-state index contributed by atoms with van der Waals surface area (Å²) in [7, 11) is -3.80. The Morgan fingerprint density at radius 2 is 2.00 bits per heavy atom. The molecule has 3 aromatic heterocycles. The van der Waals surface area contributed by atoms with E-state index in [1.165, 1.54) is 30.7 Å². The number of aryl methyl sites for hydroxylation is 1. The van der Waals surface area contributed by atoms with E-state index in [0.29, 0.717) is 22.5 Å². The Morgan fingerprint density at radius 3 is 2.69 bits per heavy atom. The summed E-state index contributed by atoms with van der Waals surface area (Å²) >= 11 is 0. The van der Waals surface area contributed by atoms with Crippen LogP contribution in [0, 0.1) is 6.92 Å². The van der Waals surface area contributed by atoms with E-state index in [0.717, 1.165) is 4.52 Å². The van der Waals surface area contributed by atoms with Gasteiger partial charge in [-0.25, -0.2) is 18.2 Å². The number of fused-ring (bicyclic) bond motifs is 1. The molecule has 0 aliphatic heterocycles. The van der Waals surface area contributed by atoms with Gasteiger partial charge in [-0.15, -0.1) is 0 Å². The third-order valence-corrected chi connectivity index (χ3v) is 5.02. The smallest absolute Gasteiger partial charge is 0.349 e. The lowest BCUT2D eigenvalue weighted by atomic mass is 10.1. The van der Waals surface area contributed by atoms with Crippen molar-refractivity contribution in [3.8, 4) is 11.1 Å². The Kier molecular flexibility index (Phi) is 3.58. The monoisotopic (exact) mass is 372 g/mol. The zero-order chi connectivity index (χ0) is 18.3. The molecule has 0 atom stereocenters. The van der Waals surface area contributed by atoms with Crippen molar-refractivity contribution in [2.75, 3.05) is 4.72 Å². The van der Waals surface area contributed by atoms with Gasteiger partial charge in [-0.05, 0) is 24.6 Å². The number of aromatic nitrogens is 5. The summed E-state index contributed by atoms with van der Waals surface area (Å²) in [5.41, 5.74) is 1.25. The van der Waals surface area contributed by atoms with Crippen molar-refractivity contribution in [1.82, 2.24) is 24.7 Å². The highest BCUT2D eigenvalue weighted by atomic mass is 32.2. The fraction of sp³-hybridized carbons (Fsp3) is 0.0667. The van der Waals surface area contributed by atoms with E-state index in [1.54, 1.807) is 19.1 Å². The molecule has 4 aromatic rings. The second-order valence-electron chi connectivity index (χ2n) is 5.45. The van der Waals surface area contributed by atoms with Crippen molar-refractivity contribution < 1.29 is 12.9 Å². The molecule has 0 unspecified atom stereocenters. The molecule has 0 bridgehead atoms. The molecule has 2 N–H and O–H groups in total. The summed E-state index contributed by atoms with van der Waals surface area (Å²) in [6, 6.07) is 7.60. The second-order valence-corrected chi connectivity index (χ2v) is 7.14. The summed E-state index contributed by atoms with van der Waals surface area (Å²) in [6.07, 6.45) is 2.78. The van der Waals surface area contributed by atoms with Crippen molar-refractivity contribution in [2.24, 2.45) is 0 Å². The summed E-state index contributed by atoms with van der Waals surface area (Å²) in [5.74, 6) is 0.603. The quantitative estimate of drug-likeness (QED) is 0.549. The van der Waals surface area contributed by atoms with Gasteiger partial charge in [0.25, 0.3) is 10.0 Å². The van der Waals surface area contributed by atoms with Crippen molar-refractivity contribution in [3.05, 3.63) is 59.1 Å². The van der Waals surface area contributed by atoms with E-state index in [9.17, 15) is 13.2 Å². The average molecular weight is 372 g/mol. The Hall–Kier alpha value is -3.47. The molecule has 10 nitrogen and oxygen atoms in total. The van der Waals surface area contributed by atoms with E-state index >= 15 is 0 Å². The fourth-order valence-electron chi connectivity index (χ4n) is 2.45. The van der Waals surface area contributed by atoms with Crippen LogP contribution in [0.2, 0.25) is 0 Å². The summed E-state index contributed by atoms with van der Waals surface area (Å²) < 4.78 is 33.1. The molecule has 0 aliphatic rings. The van der Waals surface area contributed by atoms with E-state index in [4.69, 9.17) is 4.52 Å². The number of sulfonamides is 1. The van der Waals surface area contributed by atoms with Gasteiger partial charge < -0.3 is 4.52 Å². The van der Waals surface area contributed by atoms with Gasteiger partial charge in [-0.2, -0.15) is 9.61 Å². The third kappa shape index (κ3) is 2.73. The number of aromatic amines is 1. The van der Waals surface area contributed by atoms with Gasteiger partial charge in [0.15, 0.2) is 11.5 Å². The van der Waals surface area contributed by atoms with Gasteiger partial charge in [-0.1, -0.05) is 17.3 Å². The van der Waals surface area contributed by atoms with Gasteiger partial charge in [0.2, 0.25) is 0 Å². The maximum atomic E-state index is 12.4. The van der Waals surface area contributed by atoms with Crippen LogP contribution in [0.3, 0.4) is 0 Å². The van der Waals surface area contributed by atoms with Crippen LogP contribution in [0.4, 0.5) is 5.82 Å². The predicted molar refractivity (Wildman–Crippen MR) is 91.1 cm³/mol. The van der Waals surface area contributed by atoms with Crippen molar-refractivity contribution in [2.45, 2.75) is 11.8 Å². The summed E-state index contributed by atoms with van der Waals surface area (Å²) in [5, 5.41) is 7.60. The van der Waals surface area contributed by atoms with Crippen LogP contribution >= 0.6 is 0 Å². The highest BCUT2D eigenvalue weighted by Gasteiger charge is 2.17. The van der Waals surface area contributed by atoms with Crippen molar-refractivity contribution in [1.29, 1.82) is 0 Å². The number of nitrogens with zero attached hydrogens (tertiary/aromatic N) is 4. The maximum absolute atomic E-state index is 12.4. The summed E-state index contributed by atoms with van der Waals surface area (Å²) in [6.45, 7) is 1.66. The Bertz CT molecular complexity index is 1250. The first-order valence-electron chi connectivity index (χ1n) is 7.42. The molecule has 26 heavy (non-hydrogen) atoms. The van der Waals surface area contributed by atoms with Crippen LogP contribution < -0.4 is 10.4 Å². The van der Waals surface area contributed by atoms with Crippen LogP contribution in [0.5, 0.6) is 0 Å². The second kappa shape index (κ2) is 5.81. The van der Waals surface area contributed by atoms with E-state index < -0.39 is 15.7 Å². The molecule has 0 amide bonds. The Labute approximate surface area is 146 Å². The highest BCUT2D eigenvalue weighted by Crippen LogP contribution is 2.24. The minimum absolute atomic E-state index is 0.0594. The number of nitrogens with one attached hydrogen (secondary N) is 2. The molecule has 0 fully saturated rings. The normalized spacial score (nSPS) is 11.7. The minimum atomic E-state index is -3.80. The molecule has 0 radical (unpaired) electrons. The number of H-pyrrole nitrogens is 1. The lowest BCUT2D eigenvalue weighted by Gasteiger charge is -2.06. The van der Waals surface area contributed by atoms with Gasteiger partial charge in [0.05, 0.1) is 17.4 Å². The summed E-state index contributed by atoms with van der Waals surface area (Å²) in [4.78, 5) is 18.3. The number of benzene rings is 1. The fourth-order valence-corrected chi connectivity index (χ4v) is 3.44. The van der Waals surface area contributed by atoms with Crippen LogP contribution in [0.15, 0.2) is 57.1 Å². The molecule has 1 aromatic carbocycles. The molecule has 0 spiro atoms. The minimum Gasteiger partial charge on any atom is -0.360 e. The molecule has 3 heterocycles. The Morgan fingerprint density at radius 1 is 1.23 bits per heavy atom. The average Bonchev–Trinajstić information content (AvgIpc) is 3.22. The first-order chi connectivity index (χ1) is 12.4. The van der Waals surface area contributed by atoms with Crippen LogP contribution in [-0.2, 0) is 10.0 Å². The third-order valence-electron chi connectivity index (χ3n) is 3.65. The van der Waals surface area contributed by atoms with Gasteiger partial charge >= 0.3 is 5.69 Å². The van der Waals surface area contributed by atoms with Crippen LogP contribution in [0.1, 0.15) is 5.76 Å². The number of rotatable bonds is 4. The van der Waals surface area contributed by atoms with Crippen molar-refractivity contribution >= 4 is 21.5 Å². The molecule has 0 saturated heterocycles. The molecule has 132 valence electrons. The van der Waals surface area contributed by atoms with E-state index in [1.807, 2.05) is 0 Å². The number of hydrogen-bond acceptors (Lipinski definition) is 7. The van der Waals surface area contributed by atoms with Crippen molar-refractivity contribution in [3.63, 3.8) is 0 Å². The lowest BCUT2D eigenvalue weighted by molar-refractivity contribution is 0.400. The number of hydrogen-bond donors (Lipinski definition) is 2. The maximum Gasteiger partial charge on any atom is 0.349 e. The van der Waals surface area contributed by atoms with E-state index in [2.05, 4.69) is 24.9 Å². The first kappa shape index (κ1) is 16.0. The van der Waals surface area contributed by atoms with Crippen LogP contribution in [0.25, 0.3) is 16.8 Å². The topological polar surface area (TPSA) is 135 Å².